The smallest absolute Gasteiger partial charge is 0.292 e. The van der Waals surface area contributed by atoms with E-state index >= 15 is 0 Å². The van der Waals surface area contributed by atoms with Gasteiger partial charge < -0.3 is 0 Å². The van der Waals surface area contributed by atoms with Gasteiger partial charge in [0.25, 0.3) is 5.56 Å². The van der Waals surface area contributed by atoms with Crippen molar-refractivity contribution >= 4 is 21.7 Å². The molecule has 1 heterocycles. The second kappa shape index (κ2) is 5.81. The Morgan fingerprint density at radius 1 is 1.14 bits per heavy atom. The van der Waals surface area contributed by atoms with E-state index in [4.69, 9.17) is 0 Å². The molecule has 0 atom stereocenters. The van der Waals surface area contributed by atoms with Crippen LogP contribution in [-0.4, -0.2) is 15.3 Å². The molecule has 0 fully saturated rings. The maximum atomic E-state index is 12.4. The summed E-state index contributed by atoms with van der Waals surface area (Å²) in [4.78, 5) is 37.5. The van der Waals surface area contributed by atoms with E-state index < -0.39 is 11.2 Å². The zero-order chi connectivity index (χ0) is 15.7. The highest BCUT2D eigenvalue weighted by atomic mass is 79.9. The highest BCUT2D eigenvalue weighted by Gasteiger charge is 2.13. The first-order valence-electron chi connectivity index (χ1n) is 6.40. The number of halogens is 1. The first-order chi connectivity index (χ1) is 9.79. The van der Waals surface area contributed by atoms with Gasteiger partial charge in [-0.3, -0.25) is 19.1 Å². The van der Waals surface area contributed by atoms with E-state index in [0.29, 0.717) is 5.56 Å². The lowest BCUT2D eigenvalue weighted by Gasteiger charge is -2.10. The van der Waals surface area contributed by atoms with Crippen LogP contribution in [0.1, 0.15) is 27.0 Å². The lowest BCUT2D eigenvalue weighted by atomic mass is 9.98. The summed E-state index contributed by atoms with van der Waals surface area (Å²) in [7, 11) is 0. The summed E-state index contributed by atoms with van der Waals surface area (Å²) < 4.78 is 1.40. The standard InChI is InChI=1S/C15H15BrN2O3/c1-8-4-10(3)11(5-9(8)2)13(19)7-18-6-12(16)14(20)17-15(18)21/h4-6H,7H2,1-3H3,(H,17,20,21). The van der Waals surface area contributed by atoms with Crippen molar-refractivity contribution in [1.82, 2.24) is 9.55 Å². The fraction of sp³-hybridized carbons (Fsp3) is 0.267. The molecule has 1 N–H and O–H groups in total. The molecule has 0 amide bonds. The Hall–Kier alpha value is -1.95. The number of hydrogen-bond acceptors (Lipinski definition) is 3. The first-order valence-corrected chi connectivity index (χ1v) is 7.19. The largest absolute Gasteiger partial charge is 0.328 e. The molecule has 2 aromatic rings. The highest BCUT2D eigenvalue weighted by molar-refractivity contribution is 9.10. The van der Waals surface area contributed by atoms with Crippen molar-refractivity contribution in [2.45, 2.75) is 27.3 Å². The fourth-order valence-corrected chi connectivity index (χ4v) is 2.45. The first kappa shape index (κ1) is 15.4. The maximum Gasteiger partial charge on any atom is 0.328 e. The van der Waals surface area contributed by atoms with Crippen LogP contribution in [0.3, 0.4) is 0 Å². The van der Waals surface area contributed by atoms with Crippen LogP contribution in [-0.2, 0) is 6.54 Å². The molecule has 1 aromatic carbocycles. The molecule has 21 heavy (non-hydrogen) atoms. The fourth-order valence-electron chi connectivity index (χ4n) is 2.10. The Labute approximate surface area is 129 Å². The molecular formula is C15H15BrN2O3. The molecule has 2 rings (SSSR count). The Morgan fingerprint density at radius 2 is 1.76 bits per heavy atom. The number of H-pyrrole nitrogens is 1. The highest BCUT2D eigenvalue weighted by Crippen LogP contribution is 2.16. The number of ketones is 1. The molecule has 110 valence electrons. The average Bonchev–Trinajstić information content (AvgIpc) is 2.40. The van der Waals surface area contributed by atoms with E-state index in [-0.39, 0.29) is 16.8 Å². The number of benzene rings is 1. The Kier molecular flexibility index (Phi) is 4.27. The van der Waals surface area contributed by atoms with Gasteiger partial charge in [0, 0.05) is 11.8 Å². The van der Waals surface area contributed by atoms with Gasteiger partial charge in [-0.05, 0) is 59.5 Å². The predicted molar refractivity (Wildman–Crippen MR) is 84.0 cm³/mol. The van der Waals surface area contributed by atoms with Crippen molar-refractivity contribution in [3.63, 3.8) is 0 Å². The van der Waals surface area contributed by atoms with Crippen molar-refractivity contribution in [2.24, 2.45) is 0 Å². The van der Waals surface area contributed by atoms with E-state index in [9.17, 15) is 14.4 Å². The summed E-state index contributed by atoms with van der Waals surface area (Å²) in [6.07, 6.45) is 1.33. The molecule has 0 spiro atoms. The summed E-state index contributed by atoms with van der Waals surface area (Å²) in [5.74, 6) is -0.170. The van der Waals surface area contributed by atoms with Crippen LogP contribution in [0.4, 0.5) is 0 Å². The Morgan fingerprint density at radius 3 is 2.43 bits per heavy atom. The summed E-state index contributed by atoms with van der Waals surface area (Å²) in [6, 6.07) is 3.78. The zero-order valence-corrected chi connectivity index (χ0v) is 13.6. The molecule has 0 aliphatic rings. The normalized spacial score (nSPS) is 10.7. The van der Waals surface area contributed by atoms with Gasteiger partial charge >= 0.3 is 5.69 Å². The SMILES string of the molecule is Cc1cc(C)c(C(=O)Cn2cc(Br)c(=O)[nH]c2=O)cc1C. The topological polar surface area (TPSA) is 71.9 Å². The number of nitrogens with one attached hydrogen (secondary N) is 1. The number of rotatable bonds is 3. The van der Waals surface area contributed by atoms with E-state index in [2.05, 4.69) is 20.9 Å². The molecule has 6 heteroatoms. The van der Waals surface area contributed by atoms with Gasteiger partial charge in [0.1, 0.15) is 0 Å². The van der Waals surface area contributed by atoms with E-state index in [1.54, 1.807) is 0 Å². The zero-order valence-electron chi connectivity index (χ0n) is 12.0. The second-order valence-electron chi connectivity index (χ2n) is 5.04. The van der Waals surface area contributed by atoms with Crippen LogP contribution in [0.2, 0.25) is 0 Å². The van der Waals surface area contributed by atoms with E-state index in [1.807, 2.05) is 32.9 Å². The maximum absolute atomic E-state index is 12.4. The molecule has 0 aliphatic heterocycles. The van der Waals surface area contributed by atoms with Crippen LogP contribution >= 0.6 is 15.9 Å². The third-order valence-corrected chi connectivity index (χ3v) is 3.99. The Balaban J connectivity index is 2.39. The van der Waals surface area contributed by atoms with Crippen molar-refractivity contribution in [1.29, 1.82) is 0 Å². The van der Waals surface area contributed by atoms with Crippen LogP contribution < -0.4 is 11.2 Å². The second-order valence-corrected chi connectivity index (χ2v) is 5.89. The van der Waals surface area contributed by atoms with Crippen LogP contribution in [0, 0.1) is 20.8 Å². The number of aromatic amines is 1. The molecule has 0 unspecified atom stereocenters. The van der Waals surface area contributed by atoms with Gasteiger partial charge in [-0.25, -0.2) is 4.79 Å². The van der Waals surface area contributed by atoms with Gasteiger partial charge in [0.05, 0.1) is 11.0 Å². The lowest BCUT2D eigenvalue weighted by Crippen LogP contribution is -2.32. The summed E-state index contributed by atoms with van der Waals surface area (Å²) in [5.41, 5.74) is 2.50. The van der Waals surface area contributed by atoms with Crippen molar-refractivity contribution in [2.75, 3.05) is 0 Å². The van der Waals surface area contributed by atoms with E-state index in [1.165, 1.54) is 10.8 Å². The van der Waals surface area contributed by atoms with Crippen molar-refractivity contribution in [3.05, 3.63) is 65.9 Å². The molecule has 0 radical (unpaired) electrons. The number of aromatic nitrogens is 2. The number of carbonyl (C=O) groups excluding carboxylic acids is 1. The number of carbonyl (C=O) groups is 1. The number of aryl methyl sites for hydroxylation is 3. The minimum absolute atomic E-state index is 0.114. The monoisotopic (exact) mass is 350 g/mol. The molecule has 1 aromatic heterocycles. The van der Waals surface area contributed by atoms with Crippen LogP contribution in [0.15, 0.2) is 32.4 Å². The van der Waals surface area contributed by atoms with Crippen molar-refractivity contribution in [3.8, 4) is 0 Å². The summed E-state index contributed by atoms with van der Waals surface area (Å²) >= 11 is 3.05. The summed E-state index contributed by atoms with van der Waals surface area (Å²) in [5, 5.41) is 0. The molecular weight excluding hydrogens is 336 g/mol. The molecule has 0 saturated carbocycles. The third-order valence-electron chi connectivity index (χ3n) is 3.42. The van der Waals surface area contributed by atoms with Crippen LogP contribution in [0.5, 0.6) is 0 Å². The summed E-state index contributed by atoms with van der Waals surface area (Å²) in [6.45, 7) is 5.68. The van der Waals surface area contributed by atoms with Gasteiger partial charge in [0.15, 0.2) is 5.78 Å². The number of nitrogens with zero attached hydrogens (tertiary/aromatic N) is 1. The quantitative estimate of drug-likeness (QED) is 0.861. The minimum Gasteiger partial charge on any atom is -0.292 e. The predicted octanol–water partition coefficient (Wildman–Crippen LogP) is 2.11. The van der Waals surface area contributed by atoms with Gasteiger partial charge in [0.2, 0.25) is 0 Å². The minimum atomic E-state index is -0.599. The van der Waals surface area contributed by atoms with Crippen molar-refractivity contribution < 1.29 is 4.79 Å². The molecule has 5 nitrogen and oxygen atoms in total. The van der Waals surface area contributed by atoms with E-state index in [0.717, 1.165) is 16.7 Å². The third kappa shape index (κ3) is 3.21. The van der Waals surface area contributed by atoms with Crippen LogP contribution in [0.25, 0.3) is 0 Å². The molecule has 0 aliphatic carbocycles. The number of Topliss-reactive ketones (excluding diaryl/α,β-unsaturated/α-hetero) is 1. The van der Waals surface area contributed by atoms with Gasteiger partial charge in [-0.15, -0.1) is 0 Å². The Bertz CT molecular complexity index is 834. The average molecular weight is 351 g/mol. The molecule has 0 saturated heterocycles. The lowest BCUT2D eigenvalue weighted by molar-refractivity contribution is 0.0969. The number of hydrogen-bond donors (Lipinski definition) is 1. The van der Waals surface area contributed by atoms with Gasteiger partial charge in [-0.2, -0.15) is 0 Å². The van der Waals surface area contributed by atoms with Gasteiger partial charge in [-0.1, -0.05) is 6.07 Å². The molecule has 0 bridgehead atoms.